The summed E-state index contributed by atoms with van der Waals surface area (Å²) in [4.78, 5) is 10.8. The number of anilines is 1. The Bertz CT molecular complexity index is 651. The number of carbonyl (C=O) groups is 1. The Kier molecular flexibility index (Phi) is 4.38. The zero-order valence-corrected chi connectivity index (χ0v) is 11.5. The minimum atomic E-state index is -1.32. The Hall–Kier alpha value is -2.33. The van der Waals surface area contributed by atoms with E-state index < -0.39 is 5.97 Å². The summed E-state index contributed by atoms with van der Waals surface area (Å²) in [7, 11) is 0. The van der Waals surface area contributed by atoms with Crippen molar-refractivity contribution < 1.29 is 9.90 Å². The lowest BCUT2D eigenvalue weighted by Crippen LogP contribution is -2.22. The van der Waals surface area contributed by atoms with Crippen LogP contribution in [0.5, 0.6) is 0 Å². The highest BCUT2D eigenvalue weighted by Crippen LogP contribution is 2.19. The third kappa shape index (κ3) is 3.59. The molecule has 0 bridgehead atoms. The summed E-state index contributed by atoms with van der Waals surface area (Å²) in [6, 6.07) is 12.3. The van der Waals surface area contributed by atoms with E-state index in [-0.39, 0.29) is 10.6 Å². The van der Waals surface area contributed by atoms with Gasteiger partial charge in [0.25, 0.3) is 0 Å². The zero-order valence-electron chi connectivity index (χ0n) is 10.8. The van der Waals surface area contributed by atoms with Crippen LogP contribution in [-0.2, 0) is 0 Å². The number of carboxylic acid groups (broad SMARTS) is 1. The largest absolute Gasteiger partial charge is 0.545 e. The maximum atomic E-state index is 10.8. The molecule has 0 aliphatic heterocycles. The molecule has 0 spiro atoms. The van der Waals surface area contributed by atoms with Gasteiger partial charge in [-0.05, 0) is 30.7 Å². The molecule has 2 aromatic carbocycles. The number of aromatic carboxylic acids is 1. The minimum absolute atomic E-state index is 0.0674. The van der Waals surface area contributed by atoms with Crippen molar-refractivity contribution in [2.75, 3.05) is 5.43 Å². The van der Waals surface area contributed by atoms with Gasteiger partial charge in [-0.2, -0.15) is 5.10 Å². The van der Waals surface area contributed by atoms with Crippen LogP contribution in [0.1, 0.15) is 21.5 Å². The molecule has 5 heteroatoms. The van der Waals surface area contributed by atoms with Gasteiger partial charge < -0.3 is 9.90 Å². The summed E-state index contributed by atoms with van der Waals surface area (Å²) in [6.45, 7) is 2.01. The van der Waals surface area contributed by atoms with Gasteiger partial charge in [-0.1, -0.05) is 41.4 Å². The van der Waals surface area contributed by atoms with Gasteiger partial charge in [0, 0.05) is 10.6 Å². The Labute approximate surface area is 121 Å². The van der Waals surface area contributed by atoms with E-state index in [1.807, 2.05) is 31.2 Å². The van der Waals surface area contributed by atoms with Crippen molar-refractivity contribution in [3.05, 3.63) is 64.2 Å². The topological polar surface area (TPSA) is 64.5 Å². The molecule has 1 N–H and O–H groups in total. The quantitative estimate of drug-likeness (QED) is 0.694. The van der Waals surface area contributed by atoms with Crippen molar-refractivity contribution in [3.8, 4) is 0 Å². The van der Waals surface area contributed by atoms with Gasteiger partial charge in [0.1, 0.15) is 0 Å². The van der Waals surface area contributed by atoms with Crippen LogP contribution >= 0.6 is 11.6 Å². The lowest BCUT2D eigenvalue weighted by molar-refractivity contribution is -0.255. The Morgan fingerprint density at radius 1 is 1.25 bits per heavy atom. The lowest BCUT2D eigenvalue weighted by atomic mass is 10.2. The fourth-order valence-electron chi connectivity index (χ4n) is 1.59. The third-order valence-electron chi connectivity index (χ3n) is 2.67. The predicted octanol–water partition coefficient (Wildman–Crippen LogP) is 2.46. The Balaban J connectivity index is 2.09. The van der Waals surface area contributed by atoms with E-state index in [0.717, 1.165) is 5.56 Å². The summed E-state index contributed by atoms with van der Waals surface area (Å²) >= 11 is 5.75. The van der Waals surface area contributed by atoms with Gasteiger partial charge >= 0.3 is 0 Å². The molecule has 0 heterocycles. The molecule has 0 saturated carbocycles. The summed E-state index contributed by atoms with van der Waals surface area (Å²) < 4.78 is 0. The maximum Gasteiger partial charge on any atom is 0.0731 e. The number of carbonyl (C=O) groups excluding carboxylic acids is 1. The van der Waals surface area contributed by atoms with Crippen LogP contribution in [0.25, 0.3) is 0 Å². The number of aryl methyl sites for hydroxylation is 1. The molecule has 2 rings (SSSR count). The summed E-state index contributed by atoms with van der Waals surface area (Å²) in [6.07, 6.45) is 1.65. The number of rotatable bonds is 4. The number of halogens is 1. The van der Waals surface area contributed by atoms with Crippen LogP contribution in [0.4, 0.5) is 5.69 Å². The number of hydrazone groups is 1. The highest BCUT2D eigenvalue weighted by Gasteiger charge is 2.02. The molecule has 0 fully saturated rings. The van der Waals surface area contributed by atoms with E-state index in [1.54, 1.807) is 12.3 Å². The van der Waals surface area contributed by atoms with E-state index in [9.17, 15) is 9.90 Å². The Morgan fingerprint density at radius 3 is 2.60 bits per heavy atom. The average molecular weight is 288 g/mol. The van der Waals surface area contributed by atoms with Crippen LogP contribution in [0.15, 0.2) is 47.6 Å². The molecule has 0 aromatic heterocycles. The average Bonchev–Trinajstić information content (AvgIpc) is 2.42. The van der Waals surface area contributed by atoms with Crippen LogP contribution in [0, 0.1) is 6.92 Å². The monoisotopic (exact) mass is 287 g/mol. The zero-order chi connectivity index (χ0) is 14.5. The molecule has 2 aromatic rings. The van der Waals surface area contributed by atoms with Crippen LogP contribution in [0.3, 0.4) is 0 Å². The minimum Gasteiger partial charge on any atom is -0.545 e. The molecule has 0 amide bonds. The van der Waals surface area contributed by atoms with Gasteiger partial charge in [-0.3, -0.25) is 5.43 Å². The van der Waals surface area contributed by atoms with Crippen LogP contribution in [-0.4, -0.2) is 12.2 Å². The Morgan fingerprint density at radius 2 is 1.95 bits per heavy atom. The molecule has 102 valence electrons. The standard InChI is InChI=1S/C15H13ClN2O2/c1-10-2-4-11(5-3-10)9-17-18-12-6-7-14(16)13(8-12)15(19)20/h2-9,18H,1H3,(H,19,20)/p-1/b17-9-. The van der Waals surface area contributed by atoms with Crippen molar-refractivity contribution in [2.45, 2.75) is 6.92 Å². The highest BCUT2D eigenvalue weighted by molar-refractivity contribution is 6.33. The molecule has 0 atom stereocenters. The van der Waals surface area contributed by atoms with E-state index in [1.165, 1.54) is 17.7 Å². The van der Waals surface area contributed by atoms with Crippen molar-refractivity contribution >= 4 is 29.5 Å². The van der Waals surface area contributed by atoms with Gasteiger partial charge in [-0.15, -0.1) is 0 Å². The predicted molar refractivity (Wildman–Crippen MR) is 78.2 cm³/mol. The molecular weight excluding hydrogens is 276 g/mol. The smallest absolute Gasteiger partial charge is 0.0731 e. The van der Waals surface area contributed by atoms with Crippen molar-refractivity contribution in [1.82, 2.24) is 0 Å². The SMILES string of the molecule is Cc1ccc(/C=N\Nc2ccc(Cl)c(C(=O)[O-])c2)cc1. The first-order chi connectivity index (χ1) is 9.56. The van der Waals surface area contributed by atoms with E-state index in [0.29, 0.717) is 5.69 Å². The molecular formula is C15H12ClN2O2-. The highest BCUT2D eigenvalue weighted by atomic mass is 35.5. The van der Waals surface area contributed by atoms with E-state index in [4.69, 9.17) is 11.6 Å². The molecule has 0 unspecified atom stereocenters. The number of nitrogens with zero attached hydrogens (tertiary/aromatic N) is 1. The fourth-order valence-corrected chi connectivity index (χ4v) is 1.78. The van der Waals surface area contributed by atoms with Crippen LogP contribution in [0.2, 0.25) is 5.02 Å². The van der Waals surface area contributed by atoms with Crippen LogP contribution < -0.4 is 10.5 Å². The molecule has 0 radical (unpaired) electrons. The number of benzene rings is 2. The third-order valence-corrected chi connectivity index (χ3v) is 3.00. The molecule has 0 aliphatic rings. The van der Waals surface area contributed by atoms with E-state index >= 15 is 0 Å². The molecule has 20 heavy (non-hydrogen) atoms. The van der Waals surface area contributed by atoms with Crippen molar-refractivity contribution in [2.24, 2.45) is 5.10 Å². The first-order valence-electron chi connectivity index (χ1n) is 5.93. The second-order valence-electron chi connectivity index (χ2n) is 4.26. The first kappa shape index (κ1) is 14.1. The first-order valence-corrected chi connectivity index (χ1v) is 6.31. The number of hydrogen-bond donors (Lipinski definition) is 1. The molecule has 4 nitrogen and oxygen atoms in total. The summed E-state index contributed by atoms with van der Waals surface area (Å²) in [5, 5.41) is 15.0. The van der Waals surface area contributed by atoms with Gasteiger partial charge in [0.2, 0.25) is 0 Å². The maximum absolute atomic E-state index is 10.8. The summed E-state index contributed by atoms with van der Waals surface area (Å²) in [5.74, 6) is -1.32. The molecule has 0 aliphatic carbocycles. The number of carboxylic acids is 1. The second-order valence-corrected chi connectivity index (χ2v) is 4.67. The lowest BCUT2D eigenvalue weighted by Gasteiger charge is -2.07. The van der Waals surface area contributed by atoms with Crippen molar-refractivity contribution in [1.29, 1.82) is 0 Å². The van der Waals surface area contributed by atoms with E-state index in [2.05, 4.69) is 10.5 Å². The fraction of sp³-hybridized carbons (Fsp3) is 0.0667. The number of hydrogen-bond acceptors (Lipinski definition) is 4. The van der Waals surface area contributed by atoms with Crippen molar-refractivity contribution in [3.63, 3.8) is 0 Å². The van der Waals surface area contributed by atoms with Gasteiger partial charge in [-0.25, -0.2) is 0 Å². The van der Waals surface area contributed by atoms with Gasteiger partial charge in [0.05, 0.1) is 17.9 Å². The molecule has 0 saturated heterocycles. The van der Waals surface area contributed by atoms with Gasteiger partial charge in [0.15, 0.2) is 0 Å². The normalized spacial score (nSPS) is 10.7. The summed E-state index contributed by atoms with van der Waals surface area (Å²) in [5.41, 5.74) is 5.32. The number of nitrogens with one attached hydrogen (secondary N) is 1. The second kappa shape index (κ2) is 6.21.